The molecule has 7 heteroatoms. The number of hydrogen-bond acceptors (Lipinski definition) is 5. The van der Waals surface area contributed by atoms with Gasteiger partial charge in [0.2, 0.25) is 0 Å². The molecule has 1 saturated heterocycles. The van der Waals surface area contributed by atoms with Crippen molar-refractivity contribution >= 4 is 39.2 Å². The van der Waals surface area contributed by atoms with E-state index in [1.807, 2.05) is 32.0 Å². The van der Waals surface area contributed by atoms with Crippen LogP contribution in [0.15, 0.2) is 23.0 Å². The zero-order chi connectivity index (χ0) is 18.0. The highest BCUT2D eigenvalue weighted by Gasteiger charge is 2.16. The molecule has 0 atom stereocenters. The van der Waals surface area contributed by atoms with Crippen LogP contribution in [0.2, 0.25) is 0 Å². The first-order valence-electron chi connectivity index (χ1n) is 8.57. The molecule has 1 aliphatic heterocycles. The van der Waals surface area contributed by atoms with E-state index in [2.05, 4.69) is 26.8 Å². The second-order valence-corrected chi connectivity index (χ2v) is 8.41. The molecule has 5 nitrogen and oxygen atoms in total. The first-order chi connectivity index (χ1) is 11.9. The molecule has 2 heterocycles. The van der Waals surface area contributed by atoms with Gasteiger partial charge >= 0.3 is 0 Å². The van der Waals surface area contributed by atoms with Crippen molar-refractivity contribution in [1.82, 2.24) is 19.8 Å². The Labute approximate surface area is 157 Å². The van der Waals surface area contributed by atoms with Gasteiger partial charge in [0, 0.05) is 37.8 Å². The van der Waals surface area contributed by atoms with Crippen LogP contribution >= 0.6 is 24.0 Å². The van der Waals surface area contributed by atoms with Crippen LogP contribution in [0.4, 0.5) is 0 Å². The summed E-state index contributed by atoms with van der Waals surface area (Å²) in [6.07, 6.45) is 0. The van der Waals surface area contributed by atoms with E-state index in [-0.39, 0.29) is 11.5 Å². The molecule has 134 valence electrons. The molecular formula is C18H24N4OS2. The number of aromatic nitrogens is 2. The lowest BCUT2D eigenvalue weighted by Crippen LogP contribution is -2.45. The highest BCUT2D eigenvalue weighted by molar-refractivity contribution is 8.22. The van der Waals surface area contributed by atoms with Crippen molar-refractivity contribution < 1.29 is 0 Å². The molecule has 0 spiro atoms. The van der Waals surface area contributed by atoms with Crippen LogP contribution in [0.5, 0.6) is 0 Å². The molecular weight excluding hydrogens is 352 g/mol. The predicted octanol–water partition coefficient (Wildman–Crippen LogP) is 2.81. The number of thiocarbonyl (C=S) groups is 1. The third-order valence-corrected chi connectivity index (χ3v) is 6.05. The Hall–Kier alpha value is -1.44. The topological polar surface area (TPSA) is 52.2 Å². The number of nitrogens with zero attached hydrogens (tertiary/aromatic N) is 3. The van der Waals surface area contributed by atoms with Crippen molar-refractivity contribution in [1.29, 1.82) is 0 Å². The van der Waals surface area contributed by atoms with Crippen LogP contribution in [0.3, 0.4) is 0 Å². The fourth-order valence-electron chi connectivity index (χ4n) is 2.79. The summed E-state index contributed by atoms with van der Waals surface area (Å²) in [6.45, 7) is 8.12. The van der Waals surface area contributed by atoms with Crippen LogP contribution < -0.4 is 5.56 Å². The van der Waals surface area contributed by atoms with Gasteiger partial charge in [-0.3, -0.25) is 4.79 Å². The quantitative estimate of drug-likeness (QED) is 0.832. The van der Waals surface area contributed by atoms with Gasteiger partial charge in [-0.15, -0.1) is 0 Å². The SMILES string of the molecule is CC(C)c1nc2ccc(CSC(=S)N3CCN(C)CC3)cc2c(=O)[nH]1. The fraction of sp³-hybridized carbons (Fsp3) is 0.500. The van der Waals surface area contributed by atoms with E-state index < -0.39 is 0 Å². The van der Waals surface area contributed by atoms with Gasteiger partial charge in [0.15, 0.2) is 0 Å². The van der Waals surface area contributed by atoms with Crippen LogP contribution in [-0.2, 0) is 5.75 Å². The fourth-order valence-corrected chi connectivity index (χ4v) is 3.99. The van der Waals surface area contributed by atoms with E-state index >= 15 is 0 Å². The summed E-state index contributed by atoms with van der Waals surface area (Å²) in [5.74, 6) is 1.70. The first-order valence-corrected chi connectivity index (χ1v) is 9.96. The van der Waals surface area contributed by atoms with Crippen molar-refractivity contribution in [3.8, 4) is 0 Å². The number of benzene rings is 1. The van der Waals surface area contributed by atoms with Gasteiger partial charge in [-0.05, 0) is 24.7 Å². The minimum absolute atomic E-state index is 0.0674. The smallest absolute Gasteiger partial charge is 0.258 e. The highest BCUT2D eigenvalue weighted by atomic mass is 32.2. The van der Waals surface area contributed by atoms with Crippen molar-refractivity contribution in [3.63, 3.8) is 0 Å². The normalized spacial score (nSPS) is 15.9. The lowest BCUT2D eigenvalue weighted by molar-refractivity contribution is 0.220. The Bertz CT molecular complexity index is 825. The zero-order valence-corrected chi connectivity index (χ0v) is 16.5. The molecule has 0 amide bonds. The largest absolute Gasteiger partial charge is 0.355 e. The average molecular weight is 377 g/mol. The number of aromatic amines is 1. The molecule has 0 radical (unpaired) electrons. The standard InChI is InChI=1S/C18H24N4OS2/c1-12(2)16-19-15-5-4-13(10-14(15)17(23)20-16)11-25-18(24)22-8-6-21(3)7-9-22/h4-5,10,12H,6-9,11H2,1-3H3,(H,19,20,23). The van der Waals surface area contributed by atoms with Gasteiger partial charge in [0.25, 0.3) is 5.56 Å². The molecule has 3 rings (SSSR count). The summed E-state index contributed by atoms with van der Waals surface area (Å²) in [4.78, 5) is 24.4. The summed E-state index contributed by atoms with van der Waals surface area (Å²) in [7, 11) is 2.14. The van der Waals surface area contributed by atoms with E-state index in [1.54, 1.807) is 11.8 Å². The van der Waals surface area contributed by atoms with Gasteiger partial charge in [-0.1, -0.05) is 43.9 Å². The second-order valence-electron chi connectivity index (χ2n) is 6.80. The number of rotatable bonds is 3. The zero-order valence-electron chi connectivity index (χ0n) is 14.9. The maximum atomic E-state index is 12.3. The maximum absolute atomic E-state index is 12.3. The Morgan fingerprint density at radius 2 is 2.04 bits per heavy atom. The first kappa shape index (κ1) is 18.4. The summed E-state index contributed by atoms with van der Waals surface area (Å²) >= 11 is 7.24. The Morgan fingerprint density at radius 3 is 2.72 bits per heavy atom. The van der Waals surface area contributed by atoms with E-state index in [1.165, 1.54) is 0 Å². The van der Waals surface area contributed by atoms with E-state index in [0.717, 1.165) is 53.2 Å². The Balaban J connectivity index is 1.70. The van der Waals surface area contributed by atoms with Gasteiger partial charge in [-0.25, -0.2) is 4.98 Å². The molecule has 1 aromatic heterocycles. The number of nitrogens with one attached hydrogen (secondary N) is 1. The summed E-state index contributed by atoms with van der Waals surface area (Å²) in [6, 6.07) is 5.91. The van der Waals surface area contributed by atoms with Crippen LogP contribution in [0.25, 0.3) is 10.9 Å². The Kier molecular flexibility index (Phi) is 5.76. The molecule has 25 heavy (non-hydrogen) atoms. The molecule has 0 bridgehead atoms. The number of H-pyrrole nitrogens is 1. The number of likely N-dealkylation sites (N-methyl/N-ethyl adjacent to an activating group) is 1. The second kappa shape index (κ2) is 7.85. The molecule has 1 N–H and O–H groups in total. The highest BCUT2D eigenvalue weighted by Crippen LogP contribution is 2.20. The minimum Gasteiger partial charge on any atom is -0.355 e. The molecule has 0 saturated carbocycles. The molecule has 0 aliphatic carbocycles. The van der Waals surface area contributed by atoms with Crippen LogP contribution in [-0.4, -0.2) is 57.3 Å². The van der Waals surface area contributed by atoms with Gasteiger partial charge < -0.3 is 14.8 Å². The summed E-state index contributed by atoms with van der Waals surface area (Å²) in [5, 5.41) is 0.646. The maximum Gasteiger partial charge on any atom is 0.258 e. The number of thioether (sulfide) groups is 1. The summed E-state index contributed by atoms with van der Waals surface area (Å²) in [5.41, 5.74) is 1.78. The number of piperazine rings is 1. The van der Waals surface area contributed by atoms with Crippen LogP contribution in [0.1, 0.15) is 31.2 Å². The molecule has 1 aromatic carbocycles. The molecule has 1 aliphatic rings. The Morgan fingerprint density at radius 1 is 1.32 bits per heavy atom. The molecule has 0 unspecified atom stereocenters. The van der Waals surface area contributed by atoms with E-state index in [0.29, 0.717) is 5.39 Å². The van der Waals surface area contributed by atoms with Crippen molar-refractivity contribution in [2.75, 3.05) is 33.2 Å². The molecule has 1 fully saturated rings. The van der Waals surface area contributed by atoms with E-state index in [4.69, 9.17) is 12.2 Å². The third kappa shape index (κ3) is 4.40. The van der Waals surface area contributed by atoms with Crippen molar-refractivity contribution in [2.45, 2.75) is 25.5 Å². The average Bonchev–Trinajstić information content (AvgIpc) is 2.60. The van der Waals surface area contributed by atoms with E-state index in [9.17, 15) is 4.79 Å². The lowest BCUT2D eigenvalue weighted by atomic mass is 10.1. The number of fused-ring (bicyclic) bond motifs is 1. The molecule has 2 aromatic rings. The third-order valence-electron chi connectivity index (χ3n) is 4.46. The minimum atomic E-state index is -0.0674. The van der Waals surface area contributed by atoms with Gasteiger partial charge in [0.1, 0.15) is 10.1 Å². The van der Waals surface area contributed by atoms with Crippen molar-refractivity contribution in [3.05, 3.63) is 39.9 Å². The van der Waals surface area contributed by atoms with Crippen molar-refractivity contribution in [2.24, 2.45) is 0 Å². The lowest BCUT2D eigenvalue weighted by Gasteiger charge is -2.33. The summed E-state index contributed by atoms with van der Waals surface area (Å²) < 4.78 is 0.940. The predicted molar refractivity (Wildman–Crippen MR) is 109 cm³/mol. The number of hydrogen-bond donors (Lipinski definition) is 1. The monoisotopic (exact) mass is 376 g/mol. The van der Waals surface area contributed by atoms with Gasteiger partial charge in [0.05, 0.1) is 10.9 Å². The van der Waals surface area contributed by atoms with Crippen LogP contribution in [0, 0.1) is 0 Å². The van der Waals surface area contributed by atoms with Gasteiger partial charge in [-0.2, -0.15) is 0 Å².